The number of benzene rings is 2. The first-order valence-electron chi connectivity index (χ1n) is 10.2. The molecule has 2 aromatic rings. The maximum atomic E-state index is 13.5. The molecule has 2 N–H and O–H groups in total. The highest BCUT2D eigenvalue weighted by molar-refractivity contribution is 5.75. The Balaban J connectivity index is 1.71. The number of halogens is 7. The summed E-state index contributed by atoms with van der Waals surface area (Å²) in [5, 5.41) is 5.72. The maximum Gasteiger partial charge on any atom is 0.416 e. The standard InChI is InChI=1S/C22H22F7N3O/c1-13-8-17(23)2-3-18(13)19-12-30-6-7-32(19)20(33)31-5-4-14-9-15(21(24,25)26)11-16(10-14)22(27,28)29/h2-3,8-11,19,30H,4-7,12H2,1H3,(H,31,33). The molecule has 0 spiro atoms. The van der Waals surface area contributed by atoms with Crippen molar-refractivity contribution < 1.29 is 35.5 Å². The summed E-state index contributed by atoms with van der Waals surface area (Å²) < 4.78 is 91.6. The van der Waals surface area contributed by atoms with Crippen LogP contribution in [0.2, 0.25) is 0 Å². The van der Waals surface area contributed by atoms with E-state index in [1.807, 2.05) is 0 Å². The zero-order valence-electron chi connectivity index (χ0n) is 17.6. The molecule has 1 fully saturated rings. The molecule has 0 aliphatic carbocycles. The predicted molar refractivity (Wildman–Crippen MR) is 107 cm³/mol. The fraction of sp³-hybridized carbons (Fsp3) is 0.409. The van der Waals surface area contributed by atoms with Crippen molar-refractivity contribution >= 4 is 6.03 Å². The van der Waals surface area contributed by atoms with Gasteiger partial charge in [0.2, 0.25) is 0 Å². The number of hydrogen-bond acceptors (Lipinski definition) is 2. The molecule has 4 nitrogen and oxygen atoms in total. The van der Waals surface area contributed by atoms with Crippen LogP contribution in [0.5, 0.6) is 0 Å². The number of nitrogens with one attached hydrogen (secondary N) is 2. The second-order valence-corrected chi connectivity index (χ2v) is 7.81. The van der Waals surface area contributed by atoms with Gasteiger partial charge in [-0.15, -0.1) is 0 Å². The smallest absolute Gasteiger partial charge is 0.338 e. The van der Waals surface area contributed by atoms with Crippen molar-refractivity contribution in [1.82, 2.24) is 15.5 Å². The van der Waals surface area contributed by atoms with Crippen LogP contribution in [-0.2, 0) is 18.8 Å². The number of nitrogens with zero attached hydrogens (tertiary/aromatic N) is 1. The van der Waals surface area contributed by atoms with Gasteiger partial charge in [0.25, 0.3) is 0 Å². The topological polar surface area (TPSA) is 44.4 Å². The molecule has 0 aromatic heterocycles. The van der Waals surface area contributed by atoms with Crippen molar-refractivity contribution in [1.29, 1.82) is 0 Å². The zero-order chi connectivity index (χ0) is 24.4. The van der Waals surface area contributed by atoms with Crippen molar-refractivity contribution in [2.75, 3.05) is 26.2 Å². The molecule has 1 heterocycles. The highest BCUT2D eigenvalue weighted by Crippen LogP contribution is 2.36. The third kappa shape index (κ3) is 6.16. The Bertz CT molecular complexity index is 972. The van der Waals surface area contributed by atoms with Gasteiger partial charge in [-0.1, -0.05) is 6.07 Å². The monoisotopic (exact) mass is 477 g/mol. The number of rotatable bonds is 4. The molecule has 33 heavy (non-hydrogen) atoms. The van der Waals surface area contributed by atoms with Crippen LogP contribution in [0.1, 0.15) is 33.9 Å². The van der Waals surface area contributed by atoms with Gasteiger partial charge in [0.05, 0.1) is 17.2 Å². The second-order valence-electron chi connectivity index (χ2n) is 7.81. The highest BCUT2D eigenvalue weighted by Gasteiger charge is 2.37. The van der Waals surface area contributed by atoms with Crippen molar-refractivity contribution in [3.8, 4) is 0 Å². The first-order chi connectivity index (χ1) is 15.4. The first kappa shape index (κ1) is 24.8. The van der Waals surface area contributed by atoms with Gasteiger partial charge in [-0.3, -0.25) is 0 Å². The average Bonchev–Trinajstić information content (AvgIpc) is 2.72. The quantitative estimate of drug-likeness (QED) is 0.604. The largest absolute Gasteiger partial charge is 0.416 e. The van der Waals surface area contributed by atoms with E-state index in [4.69, 9.17) is 0 Å². The van der Waals surface area contributed by atoms with Gasteiger partial charge < -0.3 is 15.5 Å². The van der Waals surface area contributed by atoms with Crippen molar-refractivity contribution in [2.45, 2.75) is 31.7 Å². The van der Waals surface area contributed by atoms with Gasteiger partial charge >= 0.3 is 18.4 Å². The number of amides is 2. The molecule has 0 bridgehead atoms. The average molecular weight is 477 g/mol. The summed E-state index contributed by atoms with van der Waals surface area (Å²) in [4.78, 5) is 14.3. The van der Waals surface area contributed by atoms with E-state index in [-0.39, 0.29) is 24.6 Å². The van der Waals surface area contributed by atoms with Crippen LogP contribution in [-0.4, -0.2) is 37.1 Å². The van der Waals surface area contributed by atoms with E-state index in [0.717, 1.165) is 5.56 Å². The molecule has 180 valence electrons. The Morgan fingerprint density at radius 1 is 1.06 bits per heavy atom. The van der Waals surface area contributed by atoms with Gasteiger partial charge in [0.15, 0.2) is 0 Å². The van der Waals surface area contributed by atoms with Crippen LogP contribution in [0.3, 0.4) is 0 Å². The minimum absolute atomic E-state index is 0.0679. The Hall–Kier alpha value is -2.82. The van der Waals surface area contributed by atoms with Crippen LogP contribution < -0.4 is 10.6 Å². The van der Waals surface area contributed by atoms with Gasteiger partial charge in [-0.25, -0.2) is 9.18 Å². The molecule has 1 unspecified atom stereocenters. The van der Waals surface area contributed by atoms with E-state index in [1.54, 1.807) is 13.0 Å². The van der Waals surface area contributed by atoms with E-state index >= 15 is 0 Å². The summed E-state index contributed by atoms with van der Waals surface area (Å²) in [6.45, 7) is 2.82. The normalized spacial score (nSPS) is 17.2. The van der Waals surface area contributed by atoms with E-state index in [2.05, 4.69) is 10.6 Å². The van der Waals surface area contributed by atoms with E-state index < -0.39 is 41.4 Å². The van der Waals surface area contributed by atoms with Crippen LogP contribution in [0.25, 0.3) is 0 Å². The summed E-state index contributed by atoms with van der Waals surface area (Å²) in [5.74, 6) is -0.407. The number of aryl methyl sites for hydroxylation is 1. The van der Waals surface area contributed by atoms with Crippen LogP contribution in [0.4, 0.5) is 35.5 Å². The van der Waals surface area contributed by atoms with Crippen LogP contribution in [0, 0.1) is 12.7 Å². The molecular formula is C22H22F7N3O. The number of piperazine rings is 1. The minimum Gasteiger partial charge on any atom is -0.338 e. The molecule has 11 heteroatoms. The third-order valence-electron chi connectivity index (χ3n) is 5.43. The number of hydrogen-bond donors (Lipinski definition) is 2. The molecule has 0 saturated carbocycles. The van der Waals surface area contributed by atoms with Gasteiger partial charge in [0, 0.05) is 26.2 Å². The molecular weight excluding hydrogens is 455 g/mol. The minimum atomic E-state index is -4.93. The van der Waals surface area contributed by atoms with Crippen molar-refractivity contribution in [3.63, 3.8) is 0 Å². The molecule has 2 amide bonds. The van der Waals surface area contributed by atoms with Gasteiger partial charge in [-0.2, -0.15) is 26.3 Å². The van der Waals surface area contributed by atoms with Gasteiger partial charge in [-0.05, 0) is 60.4 Å². The number of alkyl halides is 6. The summed E-state index contributed by atoms with van der Waals surface area (Å²) in [6, 6.07) is 4.69. The van der Waals surface area contributed by atoms with Crippen molar-refractivity contribution in [2.24, 2.45) is 0 Å². The second kappa shape index (κ2) is 9.58. The Morgan fingerprint density at radius 3 is 2.27 bits per heavy atom. The highest BCUT2D eigenvalue weighted by atomic mass is 19.4. The van der Waals surface area contributed by atoms with Crippen LogP contribution in [0.15, 0.2) is 36.4 Å². The van der Waals surface area contributed by atoms with Gasteiger partial charge in [0.1, 0.15) is 5.82 Å². The summed E-state index contributed by atoms with van der Waals surface area (Å²) in [7, 11) is 0. The summed E-state index contributed by atoms with van der Waals surface area (Å²) in [5.41, 5.74) is -1.58. The molecule has 1 aliphatic rings. The number of carbonyl (C=O) groups is 1. The molecule has 1 aliphatic heterocycles. The summed E-state index contributed by atoms with van der Waals surface area (Å²) >= 11 is 0. The molecule has 3 rings (SSSR count). The number of urea groups is 1. The third-order valence-corrected chi connectivity index (χ3v) is 5.43. The lowest BCUT2D eigenvalue weighted by Gasteiger charge is -2.37. The SMILES string of the molecule is Cc1cc(F)ccc1C1CNCCN1C(=O)NCCc1cc(C(F)(F)F)cc(C(F)(F)F)c1. The predicted octanol–water partition coefficient (Wildman–Crippen LogP) is 5.07. The van der Waals surface area contributed by atoms with Crippen LogP contribution >= 0.6 is 0 Å². The lowest BCUT2D eigenvalue weighted by Crippen LogP contribution is -2.52. The zero-order valence-corrected chi connectivity index (χ0v) is 17.6. The van der Waals surface area contributed by atoms with E-state index in [9.17, 15) is 35.5 Å². The first-order valence-corrected chi connectivity index (χ1v) is 10.2. The molecule has 0 radical (unpaired) electrons. The fourth-order valence-electron chi connectivity index (χ4n) is 3.82. The Kier molecular flexibility index (Phi) is 7.20. The Morgan fingerprint density at radius 2 is 1.70 bits per heavy atom. The van der Waals surface area contributed by atoms with E-state index in [1.165, 1.54) is 17.0 Å². The van der Waals surface area contributed by atoms with E-state index in [0.29, 0.717) is 37.3 Å². The fourth-order valence-corrected chi connectivity index (χ4v) is 3.82. The lowest BCUT2D eigenvalue weighted by atomic mass is 9.98. The number of carbonyl (C=O) groups excluding carboxylic acids is 1. The summed E-state index contributed by atoms with van der Waals surface area (Å²) in [6.07, 6.45) is -10.1. The molecule has 1 saturated heterocycles. The molecule has 1 atom stereocenters. The Labute approximate surface area is 185 Å². The molecule has 2 aromatic carbocycles. The van der Waals surface area contributed by atoms with Crippen molar-refractivity contribution in [3.05, 3.63) is 70.0 Å². The lowest BCUT2D eigenvalue weighted by molar-refractivity contribution is -0.143. The maximum absolute atomic E-state index is 13.5.